The molecule has 0 amide bonds. The molecule has 0 radical (unpaired) electrons. The highest BCUT2D eigenvalue weighted by Gasteiger charge is 2.22. The Morgan fingerprint density at radius 3 is 2.72 bits per heavy atom. The molecule has 0 aliphatic heterocycles. The number of ether oxygens (including phenoxy) is 2. The summed E-state index contributed by atoms with van der Waals surface area (Å²) in [6.45, 7) is 3.55. The fourth-order valence-corrected chi connectivity index (χ4v) is 2.73. The average molecular weight is 361 g/mol. The number of pyridine rings is 1. The van der Waals surface area contributed by atoms with Crippen LogP contribution in [0.4, 0.5) is 0 Å². The number of aromatic nitrogens is 4. The summed E-state index contributed by atoms with van der Waals surface area (Å²) in [5, 5.41) is 0.874. The van der Waals surface area contributed by atoms with E-state index < -0.39 is 5.97 Å². The molecule has 0 bridgehead atoms. The van der Waals surface area contributed by atoms with Gasteiger partial charge in [0.25, 0.3) is 0 Å². The van der Waals surface area contributed by atoms with Crippen molar-refractivity contribution in [2.24, 2.45) is 7.05 Å². The van der Waals surface area contributed by atoms with Crippen molar-refractivity contribution in [3.8, 4) is 17.1 Å². The molecule has 0 saturated carbocycles. The van der Waals surface area contributed by atoms with E-state index >= 15 is 0 Å². The van der Waals surface area contributed by atoms with E-state index in [0.29, 0.717) is 17.1 Å². The quantitative estimate of drug-likeness (QED) is 0.525. The van der Waals surface area contributed by atoms with Crippen LogP contribution in [-0.2, 0) is 11.8 Å². The molecule has 25 heavy (non-hydrogen) atoms. The van der Waals surface area contributed by atoms with Crippen LogP contribution in [0, 0.1) is 0 Å². The number of methoxy groups -OCH3 is 1. The van der Waals surface area contributed by atoms with Gasteiger partial charge in [0.05, 0.1) is 18.9 Å². The molecule has 130 valence electrons. The molecule has 7 nitrogen and oxygen atoms in total. The number of nitrogens with zero attached hydrogens (tertiary/aromatic N) is 4. The van der Waals surface area contributed by atoms with Crippen molar-refractivity contribution in [2.45, 2.75) is 20.0 Å². The predicted molar refractivity (Wildman–Crippen MR) is 93.9 cm³/mol. The van der Waals surface area contributed by atoms with Gasteiger partial charge in [-0.05, 0) is 31.5 Å². The van der Waals surface area contributed by atoms with Gasteiger partial charge in [-0.2, -0.15) is 0 Å². The fourth-order valence-electron chi connectivity index (χ4n) is 2.60. The van der Waals surface area contributed by atoms with E-state index in [9.17, 15) is 4.79 Å². The molecule has 0 aliphatic carbocycles. The van der Waals surface area contributed by atoms with Crippen LogP contribution in [0.2, 0.25) is 5.28 Å². The molecule has 0 fully saturated rings. The minimum atomic E-state index is -0.512. The SMILES string of the molecule is COc1ncc(-c2nc(Cl)ncc2C(=O)OC(C)C)c2ccn(C)c12. The third-order valence-electron chi connectivity index (χ3n) is 3.65. The molecule has 3 aromatic heterocycles. The number of halogens is 1. The van der Waals surface area contributed by atoms with E-state index in [1.165, 1.54) is 6.20 Å². The van der Waals surface area contributed by atoms with E-state index in [1.54, 1.807) is 27.2 Å². The lowest BCUT2D eigenvalue weighted by atomic mass is 10.1. The first-order valence-electron chi connectivity index (χ1n) is 7.64. The summed E-state index contributed by atoms with van der Waals surface area (Å²) >= 11 is 5.97. The van der Waals surface area contributed by atoms with E-state index in [1.807, 2.05) is 23.9 Å². The van der Waals surface area contributed by atoms with Gasteiger partial charge < -0.3 is 14.0 Å². The number of aryl methyl sites for hydroxylation is 1. The highest BCUT2D eigenvalue weighted by atomic mass is 35.5. The second-order valence-corrected chi connectivity index (χ2v) is 6.06. The maximum atomic E-state index is 12.4. The van der Waals surface area contributed by atoms with Crippen molar-refractivity contribution in [3.63, 3.8) is 0 Å². The number of carbonyl (C=O) groups excluding carboxylic acids is 1. The van der Waals surface area contributed by atoms with Gasteiger partial charge in [-0.3, -0.25) is 0 Å². The summed E-state index contributed by atoms with van der Waals surface area (Å²) in [6.07, 6.45) is 4.59. The molecular formula is C17H17ClN4O3. The Balaban J connectivity index is 2.25. The second kappa shape index (κ2) is 6.68. The van der Waals surface area contributed by atoms with Gasteiger partial charge in [0.2, 0.25) is 11.2 Å². The third kappa shape index (κ3) is 3.15. The van der Waals surface area contributed by atoms with Gasteiger partial charge in [0, 0.05) is 36.6 Å². The van der Waals surface area contributed by atoms with Crippen molar-refractivity contribution in [1.29, 1.82) is 0 Å². The normalized spacial score (nSPS) is 11.1. The fraction of sp³-hybridized carbons (Fsp3) is 0.294. The summed E-state index contributed by atoms with van der Waals surface area (Å²) < 4.78 is 12.5. The lowest BCUT2D eigenvalue weighted by Crippen LogP contribution is -2.14. The van der Waals surface area contributed by atoms with Crippen LogP contribution in [0.5, 0.6) is 5.88 Å². The zero-order valence-corrected chi connectivity index (χ0v) is 15.0. The van der Waals surface area contributed by atoms with Crippen LogP contribution in [0.15, 0.2) is 24.7 Å². The Bertz CT molecular complexity index is 952. The van der Waals surface area contributed by atoms with Gasteiger partial charge in [-0.1, -0.05) is 0 Å². The van der Waals surface area contributed by atoms with Crippen molar-refractivity contribution < 1.29 is 14.3 Å². The highest BCUT2D eigenvalue weighted by Crippen LogP contribution is 2.34. The second-order valence-electron chi connectivity index (χ2n) is 5.73. The first-order valence-corrected chi connectivity index (χ1v) is 8.02. The molecule has 0 aliphatic rings. The lowest BCUT2D eigenvalue weighted by molar-refractivity contribution is 0.0378. The topological polar surface area (TPSA) is 79.1 Å². The van der Waals surface area contributed by atoms with Crippen LogP contribution in [0.1, 0.15) is 24.2 Å². The zero-order valence-electron chi connectivity index (χ0n) is 14.3. The number of carbonyl (C=O) groups is 1. The van der Waals surface area contributed by atoms with Crippen LogP contribution in [0.3, 0.4) is 0 Å². The van der Waals surface area contributed by atoms with E-state index in [0.717, 1.165) is 10.9 Å². The molecule has 0 spiro atoms. The van der Waals surface area contributed by atoms with Gasteiger partial charge >= 0.3 is 5.97 Å². The molecule has 0 unspecified atom stereocenters. The standard InChI is InChI=1S/C17H17ClN4O3/c1-9(2)25-16(23)12-8-20-17(18)21-13(12)11-7-19-15(24-4)14-10(11)5-6-22(14)3/h5-9H,1-4H3. The largest absolute Gasteiger partial charge is 0.479 e. The van der Waals surface area contributed by atoms with Crippen LogP contribution < -0.4 is 4.74 Å². The average Bonchev–Trinajstić information content (AvgIpc) is 2.95. The van der Waals surface area contributed by atoms with Crippen LogP contribution in [0.25, 0.3) is 22.2 Å². The Hall–Kier alpha value is -2.67. The van der Waals surface area contributed by atoms with Crippen molar-refractivity contribution in [2.75, 3.05) is 7.11 Å². The van der Waals surface area contributed by atoms with Gasteiger partial charge in [0.1, 0.15) is 11.1 Å². The molecule has 0 atom stereocenters. The molecular weight excluding hydrogens is 344 g/mol. The minimum Gasteiger partial charge on any atom is -0.479 e. The Labute approximate surface area is 149 Å². The molecule has 0 aromatic carbocycles. The Kier molecular flexibility index (Phi) is 4.59. The summed E-state index contributed by atoms with van der Waals surface area (Å²) in [4.78, 5) is 24.9. The molecule has 3 heterocycles. The number of hydrogen-bond donors (Lipinski definition) is 0. The highest BCUT2D eigenvalue weighted by molar-refractivity contribution is 6.28. The van der Waals surface area contributed by atoms with Gasteiger partial charge in [-0.15, -0.1) is 0 Å². The van der Waals surface area contributed by atoms with Crippen molar-refractivity contribution in [3.05, 3.63) is 35.5 Å². The van der Waals surface area contributed by atoms with E-state index in [2.05, 4.69) is 15.0 Å². The first kappa shape index (κ1) is 17.2. The summed E-state index contributed by atoms with van der Waals surface area (Å²) in [7, 11) is 3.44. The Morgan fingerprint density at radius 1 is 1.28 bits per heavy atom. The van der Waals surface area contributed by atoms with E-state index in [4.69, 9.17) is 21.1 Å². The predicted octanol–water partition coefficient (Wildman–Crippen LogP) is 3.26. The molecule has 0 saturated heterocycles. The smallest absolute Gasteiger partial charge is 0.342 e. The number of hydrogen-bond acceptors (Lipinski definition) is 6. The zero-order chi connectivity index (χ0) is 18.1. The maximum absolute atomic E-state index is 12.4. The third-order valence-corrected chi connectivity index (χ3v) is 3.83. The molecule has 0 N–H and O–H groups in total. The van der Waals surface area contributed by atoms with Crippen LogP contribution in [-0.4, -0.2) is 38.7 Å². The maximum Gasteiger partial charge on any atom is 0.342 e. The van der Waals surface area contributed by atoms with Crippen molar-refractivity contribution >= 4 is 28.5 Å². The monoisotopic (exact) mass is 360 g/mol. The number of rotatable bonds is 4. The van der Waals surface area contributed by atoms with Gasteiger partial charge in [-0.25, -0.2) is 19.7 Å². The first-order chi connectivity index (χ1) is 11.9. The van der Waals surface area contributed by atoms with Crippen molar-refractivity contribution in [1.82, 2.24) is 19.5 Å². The number of esters is 1. The Morgan fingerprint density at radius 2 is 2.04 bits per heavy atom. The minimum absolute atomic E-state index is 0.0380. The van der Waals surface area contributed by atoms with Gasteiger partial charge in [0.15, 0.2) is 0 Å². The number of fused-ring (bicyclic) bond motifs is 1. The summed E-state index contributed by atoms with van der Waals surface area (Å²) in [5.41, 5.74) is 2.04. The summed E-state index contributed by atoms with van der Waals surface area (Å²) in [5.74, 6) is -0.0284. The lowest BCUT2D eigenvalue weighted by Gasteiger charge is -2.12. The van der Waals surface area contributed by atoms with E-state index in [-0.39, 0.29) is 17.0 Å². The molecule has 3 aromatic rings. The molecule has 8 heteroatoms. The summed E-state index contributed by atoms with van der Waals surface area (Å²) in [6, 6.07) is 1.91. The van der Waals surface area contributed by atoms with Crippen LogP contribution >= 0.6 is 11.6 Å². The molecule has 3 rings (SSSR count).